The molecule has 0 unspecified atom stereocenters. The van der Waals surface area contributed by atoms with Crippen LogP contribution in [0.2, 0.25) is 0 Å². The zero-order valence-electron chi connectivity index (χ0n) is 21.3. The summed E-state index contributed by atoms with van der Waals surface area (Å²) in [7, 11) is 0. The standard InChI is InChI=1S/C37H26O2/c38-35-21-19-27(25-11-3-1-4-12-25)23-33(35)37(31-17-9-7-15-29(31)30-16-8-10-18-32(30)37)34-24-28(20-22-36(34)39)26-13-5-2-6-14-26/h1-24,38-39H. The molecule has 0 spiro atoms. The van der Waals surface area contributed by atoms with Crippen LogP contribution in [0.15, 0.2) is 146 Å². The van der Waals surface area contributed by atoms with Crippen LogP contribution in [0.25, 0.3) is 33.4 Å². The first kappa shape index (κ1) is 23.1. The Morgan fingerprint density at radius 2 is 0.718 bits per heavy atom. The van der Waals surface area contributed by atoms with Crippen molar-refractivity contribution in [3.63, 3.8) is 0 Å². The Morgan fingerprint density at radius 1 is 0.333 bits per heavy atom. The first-order valence-corrected chi connectivity index (χ1v) is 13.1. The quantitative estimate of drug-likeness (QED) is 0.252. The topological polar surface area (TPSA) is 40.5 Å². The van der Waals surface area contributed by atoms with Crippen LogP contribution in [0.3, 0.4) is 0 Å². The van der Waals surface area contributed by atoms with Crippen LogP contribution in [-0.4, -0.2) is 10.2 Å². The summed E-state index contributed by atoms with van der Waals surface area (Å²) in [5, 5.41) is 23.2. The molecule has 7 rings (SSSR count). The fraction of sp³-hybridized carbons (Fsp3) is 0.0270. The molecule has 0 bridgehead atoms. The number of rotatable bonds is 4. The third-order valence-corrected chi connectivity index (χ3v) is 7.97. The maximum Gasteiger partial charge on any atom is 0.120 e. The Bertz CT molecular complexity index is 1680. The zero-order chi connectivity index (χ0) is 26.4. The minimum absolute atomic E-state index is 0.186. The maximum atomic E-state index is 11.6. The zero-order valence-corrected chi connectivity index (χ0v) is 21.3. The van der Waals surface area contributed by atoms with Gasteiger partial charge in [-0.2, -0.15) is 0 Å². The summed E-state index contributed by atoms with van der Waals surface area (Å²) < 4.78 is 0. The highest BCUT2D eigenvalue weighted by Crippen LogP contribution is 2.59. The Hall–Kier alpha value is -5.08. The van der Waals surface area contributed by atoms with E-state index in [0.717, 1.165) is 55.6 Å². The van der Waals surface area contributed by atoms with E-state index in [9.17, 15) is 10.2 Å². The monoisotopic (exact) mass is 502 g/mol. The van der Waals surface area contributed by atoms with Crippen LogP contribution in [0.5, 0.6) is 11.5 Å². The van der Waals surface area contributed by atoms with Crippen molar-refractivity contribution >= 4 is 0 Å². The molecule has 2 heteroatoms. The third-order valence-electron chi connectivity index (χ3n) is 7.97. The lowest BCUT2D eigenvalue weighted by Crippen LogP contribution is -2.29. The van der Waals surface area contributed by atoms with Crippen molar-refractivity contribution in [3.8, 4) is 44.9 Å². The molecule has 6 aromatic carbocycles. The predicted molar refractivity (Wildman–Crippen MR) is 158 cm³/mol. The molecule has 0 atom stereocenters. The predicted octanol–water partition coefficient (Wildman–Crippen LogP) is 8.79. The number of phenols is 2. The van der Waals surface area contributed by atoms with Gasteiger partial charge in [0.05, 0.1) is 5.41 Å². The Labute approximate surface area is 228 Å². The van der Waals surface area contributed by atoms with Gasteiger partial charge in [-0.25, -0.2) is 0 Å². The molecule has 0 aliphatic heterocycles. The van der Waals surface area contributed by atoms with Crippen molar-refractivity contribution in [3.05, 3.63) is 168 Å². The summed E-state index contributed by atoms with van der Waals surface area (Å²) in [4.78, 5) is 0. The summed E-state index contributed by atoms with van der Waals surface area (Å²) in [5.41, 5.74) is 8.95. The highest BCUT2D eigenvalue weighted by atomic mass is 16.3. The fourth-order valence-corrected chi connectivity index (χ4v) is 6.25. The lowest BCUT2D eigenvalue weighted by Gasteiger charge is -2.35. The van der Waals surface area contributed by atoms with Crippen molar-refractivity contribution in [2.24, 2.45) is 0 Å². The third kappa shape index (κ3) is 3.49. The summed E-state index contributed by atoms with van der Waals surface area (Å²) in [5.74, 6) is 0.372. The number of aromatic hydroxyl groups is 2. The second kappa shape index (κ2) is 9.04. The fourth-order valence-electron chi connectivity index (χ4n) is 6.25. The van der Waals surface area contributed by atoms with E-state index in [0.29, 0.717) is 0 Å². The van der Waals surface area contributed by atoms with Crippen LogP contribution in [-0.2, 0) is 5.41 Å². The van der Waals surface area contributed by atoms with Crippen LogP contribution >= 0.6 is 0 Å². The summed E-state index contributed by atoms with van der Waals surface area (Å²) in [6.07, 6.45) is 0. The van der Waals surface area contributed by atoms with Gasteiger partial charge in [0.2, 0.25) is 0 Å². The van der Waals surface area contributed by atoms with E-state index >= 15 is 0 Å². The van der Waals surface area contributed by atoms with Gasteiger partial charge in [-0.15, -0.1) is 0 Å². The molecule has 0 radical (unpaired) electrons. The normalized spacial score (nSPS) is 13.0. The van der Waals surface area contributed by atoms with E-state index in [1.54, 1.807) is 12.1 Å². The van der Waals surface area contributed by atoms with E-state index in [4.69, 9.17) is 0 Å². The van der Waals surface area contributed by atoms with Gasteiger partial charge in [0.25, 0.3) is 0 Å². The molecule has 186 valence electrons. The van der Waals surface area contributed by atoms with E-state index in [1.807, 2.05) is 72.8 Å². The van der Waals surface area contributed by atoms with Crippen LogP contribution < -0.4 is 0 Å². The van der Waals surface area contributed by atoms with E-state index in [1.165, 1.54) is 0 Å². The van der Waals surface area contributed by atoms with E-state index in [-0.39, 0.29) is 11.5 Å². The highest BCUT2D eigenvalue weighted by Gasteiger charge is 2.49. The molecule has 0 fully saturated rings. The first-order valence-electron chi connectivity index (χ1n) is 13.1. The number of hydrogen-bond donors (Lipinski definition) is 2. The van der Waals surface area contributed by atoms with Gasteiger partial charge in [-0.05, 0) is 68.8 Å². The molecule has 1 aliphatic rings. The largest absolute Gasteiger partial charge is 0.508 e. The van der Waals surface area contributed by atoms with Gasteiger partial charge in [-0.1, -0.05) is 121 Å². The van der Waals surface area contributed by atoms with Crippen LogP contribution in [0.4, 0.5) is 0 Å². The van der Waals surface area contributed by atoms with Crippen molar-refractivity contribution < 1.29 is 10.2 Å². The maximum absolute atomic E-state index is 11.6. The number of benzene rings is 6. The van der Waals surface area contributed by atoms with Crippen LogP contribution in [0, 0.1) is 0 Å². The average Bonchev–Trinajstić information content (AvgIpc) is 3.30. The van der Waals surface area contributed by atoms with Gasteiger partial charge in [0.15, 0.2) is 0 Å². The minimum atomic E-state index is -0.934. The minimum Gasteiger partial charge on any atom is -0.508 e. The van der Waals surface area contributed by atoms with Gasteiger partial charge < -0.3 is 10.2 Å². The van der Waals surface area contributed by atoms with Crippen molar-refractivity contribution in [1.29, 1.82) is 0 Å². The molecular formula is C37H26O2. The average molecular weight is 503 g/mol. The summed E-state index contributed by atoms with van der Waals surface area (Å²) in [6, 6.07) is 48.7. The second-order valence-corrected chi connectivity index (χ2v) is 10.0. The molecule has 0 saturated carbocycles. The Kier molecular flexibility index (Phi) is 5.35. The molecule has 0 amide bonds. The van der Waals surface area contributed by atoms with Gasteiger partial charge in [-0.3, -0.25) is 0 Å². The molecular weight excluding hydrogens is 476 g/mol. The van der Waals surface area contributed by atoms with Crippen molar-refractivity contribution in [2.45, 2.75) is 5.41 Å². The number of phenolic OH excluding ortho intramolecular Hbond substituents is 2. The molecule has 0 heterocycles. The smallest absolute Gasteiger partial charge is 0.120 e. The lowest BCUT2D eigenvalue weighted by molar-refractivity contribution is 0.448. The summed E-state index contributed by atoms with van der Waals surface area (Å²) >= 11 is 0. The Balaban J connectivity index is 1.62. The van der Waals surface area contributed by atoms with Crippen molar-refractivity contribution in [1.82, 2.24) is 0 Å². The van der Waals surface area contributed by atoms with Crippen molar-refractivity contribution in [2.75, 3.05) is 0 Å². The number of fused-ring (bicyclic) bond motifs is 3. The van der Waals surface area contributed by atoms with Crippen LogP contribution in [0.1, 0.15) is 22.3 Å². The molecule has 0 aromatic heterocycles. The Morgan fingerprint density at radius 3 is 1.15 bits per heavy atom. The van der Waals surface area contributed by atoms with Gasteiger partial charge in [0.1, 0.15) is 11.5 Å². The molecule has 39 heavy (non-hydrogen) atoms. The second-order valence-electron chi connectivity index (χ2n) is 10.0. The van der Waals surface area contributed by atoms with Gasteiger partial charge >= 0.3 is 0 Å². The molecule has 1 aliphatic carbocycles. The molecule has 0 saturated heterocycles. The molecule has 6 aromatic rings. The van der Waals surface area contributed by atoms with E-state index < -0.39 is 5.41 Å². The van der Waals surface area contributed by atoms with Gasteiger partial charge in [0, 0.05) is 11.1 Å². The first-order chi connectivity index (χ1) is 19.2. The molecule has 2 N–H and O–H groups in total. The summed E-state index contributed by atoms with van der Waals surface area (Å²) in [6.45, 7) is 0. The highest BCUT2D eigenvalue weighted by molar-refractivity contribution is 5.88. The lowest BCUT2D eigenvalue weighted by atomic mass is 9.66. The molecule has 2 nitrogen and oxygen atoms in total. The SMILES string of the molecule is Oc1ccc(-c2ccccc2)cc1C1(c2cc(-c3ccccc3)ccc2O)c2ccccc2-c2ccccc21. The number of hydrogen-bond acceptors (Lipinski definition) is 2. The van der Waals surface area contributed by atoms with E-state index in [2.05, 4.69) is 60.7 Å².